The smallest absolute Gasteiger partial charge is 0.303 e. The third-order valence-electron chi connectivity index (χ3n) is 5.35. The number of aliphatic hydroxyl groups is 1. The van der Waals surface area contributed by atoms with Crippen molar-refractivity contribution in [2.75, 3.05) is 6.61 Å². The first-order valence-electron chi connectivity index (χ1n) is 11.7. The molecule has 29 heavy (non-hydrogen) atoms. The van der Waals surface area contributed by atoms with Gasteiger partial charge in [-0.25, -0.2) is 0 Å². The maximum Gasteiger partial charge on any atom is 0.303 e. The molecule has 166 valence electrons. The van der Waals surface area contributed by atoms with Crippen molar-refractivity contribution >= 4 is 5.97 Å². The molecular formula is C25H42O4. The molecule has 0 heterocycles. The third-order valence-corrected chi connectivity index (χ3v) is 5.35. The molecule has 1 unspecified atom stereocenters. The molecule has 0 amide bonds. The first-order chi connectivity index (χ1) is 14.2. The van der Waals surface area contributed by atoms with Crippen LogP contribution < -0.4 is 0 Å². The summed E-state index contributed by atoms with van der Waals surface area (Å²) in [6, 6.07) is 10.1. The van der Waals surface area contributed by atoms with E-state index in [0.717, 1.165) is 31.2 Å². The Morgan fingerprint density at radius 2 is 1.24 bits per heavy atom. The highest BCUT2D eigenvalue weighted by molar-refractivity contribution is 5.66. The van der Waals surface area contributed by atoms with Crippen LogP contribution in [0.4, 0.5) is 0 Å². The largest absolute Gasteiger partial charge is 0.481 e. The molecule has 0 aromatic heterocycles. The molecule has 0 radical (unpaired) electrons. The maximum absolute atomic E-state index is 10.4. The molecule has 4 heteroatoms. The average molecular weight is 407 g/mol. The van der Waals surface area contributed by atoms with Gasteiger partial charge in [0.05, 0.1) is 19.3 Å². The fraction of sp³-hybridized carbons (Fsp3) is 0.720. The maximum atomic E-state index is 10.4. The van der Waals surface area contributed by atoms with Crippen LogP contribution >= 0.6 is 0 Å². The molecule has 1 aromatic carbocycles. The van der Waals surface area contributed by atoms with Gasteiger partial charge in [-0.2, -0.15) is 0 Å². The number of rotatable bonds is 20. The number of hydrogen-bond acceptors (Lipinski definition) is 3. The number of aliphatic hydroxyl groups excluding tert-OH is 1. The standard InChI is InChI=1S/C25H42O4/c26-24(22-29-21-23-17-13-12-14-18-23)19-15-10-8-6-4-2-1-3-5-7-9-11-16-20-25(27)28/h12-14,17-18,24,26H,1-11,15-16,19-22H2,(H,27,28). The van der Waals surface area contributed by atoms with E-state index in [1.165, 1.54) is 64.2 Å². The molecule has 0 aliphatic rings. The van der Waals surface area contributed by atoms with Crippen LogP contribution in [0.25, 0.3) is 0 Å². The van der Waals surface area contributed by atoms with E-state index in [9.17, 15) is 9.90 Å². The minimum atomic E-state index is -0.672. The van der Waals surface area contributed by atoms with Gasteiger partial charge in [-0.1, -0.05) is 107 Å². The number of unbranched alkanes of at least 4 members (excludes halogenated alkanes) is 12. The Labute approximate surface area is 177 Å². The SMILES string of the molecule is O=C(O)CCCCCCCCCCCCCCCC(O)COCc1ccccc1. The Kier molecular flexibility index (Phi) is 16.5. The summed E-state index contributed by atoms with van der Waals surface area (Å²) in [5.41, 5.74) is 1.15. The predicted octanol–water partition coefficient (Wildman–Crippen LogP) is 6.50. The molecule has 1 atom stereocenters. The highest BCUT2D eigenvalue weighted by atomic mass is 16.5. The van der Waals surface area contributed by atoms with Crippen molar-refractivity contribution in [1.82, 2.24) is 0 Å². The molecule has 1 rings (SSSR count). The van der Waals surface area contributed by atoms with Crippen LogP contribution in [0, 0.1) is 0 Å². The summed E-state index contributed by atoms with van der Waals surface area (Å²) >= 11 is 0. The molecule has 4 nitrogen and oxygen atoms in total. The second-order valence-electron chi connectivity index (χ2n) is 8.18. The molecule has 0 fully saturated rings. The lowest BCUT2D eigenvalue weighted by molar-refractivity contribution is -0.137. The summed E-state index contributed by atoms with van der Waals surface area (Å²) in [5.74, 6) is -0.672. The average Bonchev–Trinajstić information content (AvgIpc) is 2.71. The second-order valence-corrected chi connectivity index (χ2v) is 8.18. The Morgan fingerprint density at radius 3 is 1.76 bits per heavy atom. The van der Waals surface area contributed by atoms with E-state index in [1.807, 2.05) is 30.3 Å². The topological polar surface area (TPSA) is 66.8 Å². The zero-order valence-electron chi connectivity index (χ0n) is 18.2. The molecule has 0 saturated carbocycles. The number of carboxylic acids is 1. The van der Waals surface area contributed by atoms with Crippen molar-refractivity contribution < 1.29 is 19.7 Å². The van der Waals surface area contributed by atoms with E-state index in [0.29, 0.717) is 19.6 Å². The lowest BCUT2D eigenvalue weighted by Crippen LogP contribution is -2.15. The Balaban J connectivity index is 1.75. The Morgan fingerprint density at radius 1 is 0.759 bits per heavy atom. The van der Waals surface area contributed by atoms with Gasteiger partial charge in [0.15, 0.2) is 0 Å². The molecule has 2 N–H and O–H groups in total. The van der Waals surface area contributed by atoms with E-state index in [-0.39, 0.29) is 6.10 Å². The van der Waals surface area contributed by atoms with Gasteiger partial charge in [-0.15, -0.1) is 0 Å². The lowest BCUT2D eigenvalue weighted by atomic mass is 10.0. The number of hydrogen-bond donors (Lipinski definition) is 2. The Bertz CT molecular complexity index is 489. The lowest BCUT2D eigenvalue weighted by Gasteiger charge is -2.11. The zero-order chi connectivity index (χ0) is 21.0. The quantitative estimate of drug-likeness (QED) is 0.243. The normalized spacial score (nSPS) is 12.2. The minimum absolute atomic E-state index is 0.320. The number of ether oxygens (including phenoxy) is 1. The van der Waals surface area contributed by atoms with Crippen molar-refractivity contribution in [2.24, 2.45) is 0 Å². The van der Waals surface area contributed by atoms with Gasteiger partial charge in [0, 0.05) is 6.42 Å². The van der Waals surface area contributed by atoms with Crippen LogP contribution in [0.3, 0.4) is 0 Å². The van der Waals surface area contributed by atoms with Crippen LogP contribution in [0.15, 0.2) is 30.3 Å². The minimum Gasteiger partial charge on any atom is -0.481 e. The zero-order valence-corrected chi connectivity index (χ0v) is 18.2. The number of aliphatic carboxylic acids is 1. The van der Waals surface area contributed by atoms with E-state index < -0.39 is 5.97 Å². The van der Waals surface area contributed by atoms with Crippen molar-refractivity contribution in [3.05, 3.63) is 35.9 Å². The number of benzene rings is 1. The fourth-order valence-electron chi connectivity index (χ4n) is 3.57. The molecule has 0 saturated heterocycles. The third kappa shape index (κ3) is 17.2. The van der Waals surface area contributed by atoms with Gasteiger partial charge in [-0.3, -0.25) is 4.79 Å². The van der Waals surface area contributed by atoms with E-state index in [4.69, 9.17) is 9.84 Å². The van der Waals surface area contributed by atoms with Crippen LogP contribution in [0.1, 0.15) is 102 Å². The summed E-state index contributed by atoms with van der Waals surface area (Å²) in [5, 5.41) is 18.6. The van der Waals surface area contributed by atoms with Gasteiger partial charge < -0.3 is 14.9 Å². The van der Waals surface area contributed by atoms with Gasteiger partial charge in [0.2, 0.25) is 0 Å². The van der Waals surface area contributed by atoms with Crippen LogP contribution in [-0.4, -0.2) is 28.9 Å². The summed E-state index contributed by atoms with van der Waals surface area (Å²) in [7, 11) is 0. The molecule has 0 aliphatic carbocycles. The van der Waals surface area contributed by atoms with Crippen molar-refractivity contribution in [3.8, 4) is 0 Å². The molecule has 0 aliphatic heterocycles. The van der Waals surface area contributed by atoms with E-state index in [1.54, 1.807) is 0 Å². The summed E-state index contributed by atoms with van der Waals surface area (Å²) in [4.78, 5) is 10.4. The van der Waals surface area contributed by atoms with Gasteiger partial charge in [-0.05, 0) is 18.4 Å². The molecule has 0 spiro atoms. The number of carbonyl (C=O) groups is 1. The van der Waals surface area contributed by atoms with Crippen molar-refractivity contribution in [3.63, 3.8) is 0 Å². The van der Waals surface area contributed by atoms with Crippen LogP contribution in [-0.2, 0) is 16.1 Å². The van der Waals surface area contributed by atoms with Gasteiger partial charge >= 0.3 is 5.97 Å². The monoisotopic (exact) mass is 406 g/mol. The summed E-state index contributed by atoms with van der Waals surface area (Å²) < 4.78 is 5.59. The number of carboxylic acid groups (broad SMARTS) is 1. The van der Waals surface area contributed by atoms with E-state index >= 15 is 0 Å². The molecule has 1 aromatic rings. The van der Waals surface area contributed by atoms with E-state index in [2.05, 4.69) is 0 Å². The highest BCUT2D eigenvalue weighted by Crippen LogP contribution is 2.14. The second kappa shape index (κ2) is 18.6. The van der Waals surface area contributed by atoms with Gasteiger partial charge in [0.25, 0.3) is 0 Å². The fourth-order valence-corrected chi connectivity index (χ4v) is 3.57. The van der Waals surface area contributed by atoms with Crippen molar-refractivity contribution in [1.29, 1.82) is 0 Å². The molecular weight excluding hydrogens is 364 g/mol. The predicted molar refractivity (Wildman–Crippen MR) is 119 cm³/mol. The Hall–Kier alpha value is -1.39. The van der Waals surface area contributed by atoms with Crippen LogP contribution in [0.2, 0.25) is 0 Å². The van der Waals surface area contributed by atoms with Crippen LogP contribution in [0.5, 0.6) is 0 Å². The molecule has 0 bridgehead atoms. The first-order valence-corrected chi connectivity index (χ1v) is 11.7. The first kappa shape index (κ1) is 25.6. The van der Waals surface area contributed by atoms with Gasteiger partial charge in [0.1, 0.15) is 0 Å². The summed E-state index contributed by atoms with van der Waals surface area (Å²) in [6.45, 7) is 0.997. The summed E-state index contributed by atoms with van der Waals surface area (Å²) in [6.07, 6.45) is 16.5. The highest BCUT2D eigenvalue weighted by Gasteiger charge is 2.04. The van der Waals surface area contributed by atoms with Crippen molar-refractivity contribution in [2.45, 2.75) is 109 Å².